The Kier molecular flexibility index (Phi) is 5.86. The van der Waals surface area contributed by atoms with Crippen molar-refractivity contribution in [2.45, 2.75) is 25.4 Å². The zero-order valence-corrected chi connectivity index (χ0v) is 16.0. The molecule has 2 unspecified atom stereocenters. The number of amides is 3. The van der Waals surface area contributed by atoms with E-state index in [2.05, 4.69) is 5.32 Å². The van der Waals surface area contributed by atoms with Crippen molar-refractivity contribution in [1.82, 2.24) is 15.1 Å². The number of thioether (sulfide) groups is 1. The van der Waals surface area contributed by atoms with Crippen LogP contribution in [0.5, 0.6) is 0 Å². The maximum Gasteiger partial charge on any atom is 0.243 e. The number of nitrogens with zero attached hydrogens (tertiary/aromatic N) is 2. The number of piperazine rings is 1. The molecule has 2 heterocycles. The molecule has 1 aromatic rings. The van der Waals surface area contributed by atoms with Gasteiger partial charge in [-0.3, -0.25) is 14.4 Å². The van der Waals surface area contributed by atoms with Crippen LogP contribution in [0, 0.1) is 5.92 Å². The van der Waals surface area contributed by atoms with Gasteiger partial charge < -0.3 is 15.1 Å². The Balaban J connectivity index is 1.89. The molecule has 2 aliphatic rings. The van der Waals surface area contributed by atoms with E-state index >= 15 is 0 Å². The fourth-order valence-corrected chi connectivity index (χ4v) is 4.47. The summed E-state index contributed by atoms with van der Waals surface area (Å²) < 4.78 is 0. The molecule has 2 aliphatic heterocycles. The Bertz CT molecular complexity index is 682. The van der Waals surface area contributed by atoms with Crippen LogP contribution in [-0.4, -0.2) is 65.2 Å². The molecular weight excluding hydrogens is 350 g/mol. The first-order chi connectivity index (χ1) is 12.6. The number of fused-ring (bicyclic) bond motifs is 1. The lowest BCUT2D eigenvalue weighted by Crippen LogP contribution is -2.56. The highest BCUT2D eigenvalue weighted by atomic mass is 32.2. The lowest BCUT2D eigenvalue weighted by molar-refractivity contribution is -0.148. The molecule has 0 radical (unpaired) electrons. The van der Waals surface area contributed by atoms with Crippen LogP contribution in [0.3, 0.4) is 0 Å². The van der Waals surface area contributed by atoms with Gasteiger partial charge in [0.2, 0.25) is 17.7 Å². The second kappa shape index (κ2) is 8.12. The Morgan fingerprint density at radius 3 is 2.65 bits per heavy atom. The third kappa shape index (κ3) is 3.58. The summed E-state index contributed by atoms with van der Waals surface area (Å²) in [5, 5.41) is 2.91. The Labute approximate surface area is 158 Å². The zero-order chi connectivity index (χ0) is 18.7. The number of nitrogens with one attached hydrogen (secondary N) is 1. The molecule has 3 atom stereocenters. The SMILES string of the molecule is CCNC(=O)C1C[C@@H]2CN(C(=O)CSC)CC(=O)N2C1c1ccccc1. The highest BCUT2D eigenvalue weighted by molar-refractivity contribution is 7.99. The largest absolute Gasteiger partial charge is 0.356 e. The summed E-state index contributed by atoms with van der Waals surface area (Å²) >= 11 is 1.46. The smallest absolute Gasteiger partial charge is 0.243 e. The van der Waals surface area contributed by atoms with Gasteiger partial charge in [-0.1, -0.05) is 30.3 Å². The van der Waals surface area contributed by atoms with Gasteiger partial charge in [0.15, 0.2) is 0 Å². The third-order valence-corrected chi connectivity index (χ3v) is 5.63. The fraction of sp³-hybridized carbons (Fsp3) is 0.526. The van der Waals surface area contributed by atoms with Gasteiger partial charge in [-0.05, 0) is 25.2 Å². The van der Waals surface area contributed by atoms with E-state index in [1.165, 1.54) is 11.8 Å². The Hall–Kier alpha value is -2.02. The van der Waals surface area contributed by atoms with Gasteiger partial charge in [0, 0.05) is 13.1 Å². The van der Waals surface area contributed by atoms with E-state index in [-0.39, 0.29) is 42.3 Å². The van der Waals surface area contributed by atoms with Crippen LogP contribution in [-0.2, 0) is 14.4 Å². The van der Waals surface area contributed by atoms with Gasteiger partial charge in [-0.2, -0.15) is 11.8 Å². The summed E-state index contributed by atoms with van der Waals surface area (Å²) in [6.07, 6.45) is 2.46. The van der Waals surface area contributed by atoms with E-state index in [9.17, 15) is 14.4 Å². The van der Waals surface area contributed by atoms with E-state index in [4.69, 9.17) is 0 Å². The summed E-state index contributed by atoms with van der Waals surface area (Å²) in [5.41, 5.74) is 0.975. The van der Waals surface area contributed by atoms with Crippen molar-refractivity contribution >= 4 is 29.5 Å². The number of carbonyl (C=O) groups is 3. The summed E-state index contributed by atoms with van der Waals surface area (Å²) in [4.78, 5) is 41.3. The molecular formula is C19H25N3O3S. The molecule has 0 spiro atoms. The number of benzene rings is 1. The summed E-state index contributed by atoms with van der Waals surface area (Å²) in [5.74, 6) is -0.0194. The molecule has 0 aromatic heterocycles. The van der Waals surface area contributed by atoms with Crippen molar-refractivity contribution in [3.63, 3.8) is 0 Å². The molecule has 2 fully saturated rings. The van der Waals surface area contributed by atoms with Crippen molar-refractivity contribution in [2.75, 3.05) is 31.6 Å². The van der Waals surface area contributed by atoms with E-state index in [1.807, 2.05) is 48.4 Å². The molecule has 0 bridgehead atoms. The van der Waals surface area contributed by atoms with Crippen molar-refractivity contribution in [2.24, 2.45) is 5.92 Å². The van der Waals surface area contributed by atoms with Crippen molar-refractivity contribution in [3.05, 3.63) is 35.9 Å². The van der Waals surface area contributed by atoms with Gasteiger partial charge in [0.25, 0.3) is 0 Å². The minimum absolute atomic E-state index is 0.0109. The van der Waals surface area contributed by atoms with E-state index in [1.54, 1.807) is 4.90 Å². The molecule has 140 valence electrons. The predicted molar refractivity (Wildman–Crippen MR) is 102 cm³/mol. The average Bonchev–Trinajstić information content (AvgIpc) is 3.03. The van der Waals surface area contributed by atoms with Crippen LogP contribution in [0.4, 0.5) is 0 Å². The molecule has 26 heavy (non-hydrogen) atoms. The van der Waals surface area contributed by atoms with Crippen molar-refractivity contribution < 1.29 is 14.4 Å². The third-order valence-electron chi connectivity index (χ3n) is 5.09. The number of rotatable bonds is 5. The maximum atomic E-state index is 12.9. The molecule has 0 aliphatic carbocycles. The van der Waals surface area contributed by atoms with Gasteiger partial charge in [-0.15, -0.1) is 0 Å². The average molecular weight is 375 g/mol. The van der Waals surface area contributed by atoms with Gasteiger partial charge >= 0.3 is 0 Å². The highest BCUT2D eigenvalue weighted by Crippen LogP contribution is 2.43. The summed E-state index contributed by atoms with van der Waals surface area (Å²) in [6.45, 7) is 3.06. The maximum absolute atomic E-state index is 12.9. The molecule has 1 N–H and O–H groups in total. The normalized spacial score (nSPS) is 25.2. The van der Waals surface area contributed by atoms with E-state index in [0.29, 0.717) is 25.3 Å². The topological polar surface area (TPSA) is 69.7 Å². The molecule has 3 rings (SSSR count). The van der Waals surface area contributed by atoms with Crippen LogP contribution in [0.1, 0.15) is 24.9 Å². The van der Waals surface area contributed by atoms with Gasteiger partial charge in [0.05, 0.1) is 30.3 Å². The molecule has 2 saturated heterocycles. The summed E-state index contributed by atoms with van der Waals surface area (Å²) in [6, 6.07) is 9.35. The fourth-order valence-electron chi connectivity index (χ4n) is 4.05. The predicted octanol–water partition coefficient (Wildman–Crippen LogP) is 1.29. The minimum atomic E-state index is -0.290. The standard InChI is InChI=1S/C19H25N3O3S/c1-3-20-19(25)15-9-14-10-21(17(24)12-26-2)11-16(23)22(14)18(15)13-7-5-4-6-8-13/h4-8,14-15,18H,3,9-12H2,1-2H3,(H,20,25)/t14-,15?,18?/m1/s1. The zero-order valence-electron chi connectivity index (χ0n) is 15.2. The van der Waals surface area contributed by atoms with E-state index < -0.39 is 0 Å². The molecule has 6 nitrogen and oxygen atoms in total. The van der Waals surface area contributed by atoms with Crippen LogP contribution in [0.15, 0.2) is 30.3 Å². The second-order valence-corrected chi connectivity index (χ2v) is 7.62. The second-order valence-electron chi connectivity index (χ2n) is 6.75. The Morgan fingerprint density at radius 1 is 1.27 bits per heavy atom. The van der Waals surface area contributed by atoms with Crippen molar-refractivity contribution in [1.29, 1.82) is 0 Å². The number of hydrogen-bond donors (Lipinski definition) is 1. The van der Waals surface area contributed by atoms with Gasteiger partial charge in [-0.25, -0.2) is 0 Å². The first kappa shape index (κ1) is 18.8. The first-order valence-corrected chi connectivity index (χ1v) is 10.4. The van der Waals surface area contributed by atoms with E-state index in [0.717, 1.165) is 5.56 Å². The van der Waals surface area contributed by atoms with Gasteiger partial charge in [0.1, 0.15) is 0 Å². The quantitative estimate of drug-likeness (QED) is 0.842. The van der Waals surface area contributed by atoms with Crippen LogP contribution in [0.2, 0.25) is 0 Å². The monoisotopic (exact) mass is 375 g/mol. The lowest BCUT2D eigenvalue weighted by atomic mass is 9.92. The molecule has 0 saturated carbocycles. The van der Waals surface area contributed by atoms with Crippen LogP contribution >= 0.6 is 11.8 Å². The van der Waals surface area contributed by atoms with Crippen LogP contribution < -0.4 is 5.32 Å². The summed E-state index contributed by atoms with van der Waals surface area (Å²) in [7, 11) is 0. The first-order valence-electron chi connectivity index (χ1n) is 8.97. The molecule has 7 heteroatoms. The number of hydrogen-bond acceptors (Lipinski definition) is 4. The molecule has 1 aromatic carbocycles. The highest BCUT2D eigenvalue weighted by Gasteiger charge is 2.50. The van der Waals surface area contributed by atoms with Crippen molar-refractivity contribution in [3.8, 4) is 0 Å². The van der Waals surface area contributed by atoms with Crippen LogP contribution in [0.25, 0.3) is 0 Å². The minimum Gasteiger partial charge on any atom is -0.356 e. The number of carbonyl (C=O) groups excluding carboxylic acids is 3. The molecule has 3 amide bonds. The lowest BCUT2D eigenvalue weighted by Gasteiger charge is -2.40. The Morgan fingerprint density at radius 2 is 2.00 bits per heavy atom.